The summed E-state index contributed by atoms with van der Waals surface area (Å²) in [5, 5.41) is 8.80. The molecule has 7 nitrogen and oxygen atoms in total. The van der Waals surface area contributed by atoms with E-state index >= 15 is 0 Å². The van der Waals surface area contributed by atoms with Crippen LogP contribution >= 0.6 is 11.6 Å². The number of aromatic nitrogens is 3. The smallest absolute Gasteiger partial charge is 0.276 e. The van der Waals surface area contributed by atoms with Gasteiger partial charge in [-0.2, -0.15) is 0 Å². The van der Waals surface area contributed by atoms with Crippen molar-refractivity contribution in [3.05, 3.63) is 46.7 Å². The maximum atomic E-state index is 12.7. The first kappa shape index (κ1) is 18.8. The molecule has 1 aliphatic rings. The van der Waals surface area contributed by atoms with Crippen LogP contribution < -0.4 is 0 Å². The quantitative estimate of drug-likeness (QED) is 0.736. The van der Waals surface area contributed by atoms with Crippen molar-refractivity contribution in [3.8, 4) is 0 Å². The van der Waals surface area contributed by atoms with E-state index in [-0.39, 0.29) is 5.91 Å². The monoisotopic (exact) mass is 377 g/mol. The van der Waals surface area contributed by atoms with Crippen molar-refractivity contribution >= 4 is 17.5 Å². The van der Waals surface area contributed by atoms with Gasteiger partial charge in [0.1, 0.15) is 0 Å². The molecule has 0 spiro atoms. The zero-order valence-corrected chi connectivity index (χ0v) is 15.7. The first-order valence-corrected chi connectivity index (χ1v) is 9.28. The molecule has 8 heteroatoms. The van der Waals surface area contributed by atoms with Crippen LogP contribution in [0.5, 0.6) is 0 Å². The van der Waals surface area contributed by atoms with Gasteiger partial charge in [-0.15, -0.1) is 5.10 Å². The Balaban J connectivity index is 1.59. The van der Waals surface area contributed by atoms with Gasteiger partial charge in [0.05, 0.1) is 26.0 Å². The Labute approximate surface area is 158 Å². The van der Waals surface area contributed by atoms with Crippen molar-refractivity contribution in [1.82, 2.24) is 24.8 Å². The largest absolute Gasteiger partial charge is 0.379 e. The first-order chi connectivity index (χ1) is 12.7. The molecule has 0 bridgehead atoms. The minimum Gasteiger partial charge on any atom is -0.379 e. The Morgan fingerprint density at radius 3 is 2.81 bits per heavy atom. The predicted molar refractivity (Wildman–Crippen MR) is 99.4 cm³/mol. The number of nitrogens with zero attached hydrogens (tertiary/aromatic N) is 5. The normalized spacial score (nSPS) is 15.2. The van der Waals surface area contributed by atoms with Gasteiger partial charge in [0.15, 0.2) is 5.69 Å². The van der Waals surface area contributed by atoms with Gasteiger partial charge in [0.2, 0.25) is 0 Å². The molecule has 1 aromatic carbocycles. The van der Waals surface area contributed by atoms with E-state index in [1.165, 1.54) is 0 Å². The molecule has 2 heterocycles. The molecule has 1 aliphatic heterocycles. The van der Waals surface area contributed by atoms with E-state index in [0.29, 0.717) is 30.4 Å². The highest BCUT2D eigenvalue weighted by molar-refractivity contribution is 6.31. The zero-order valence-electron chi connectivity index (χ0n) is 15.0. The number of rotatable bonds is 7. The van der Waals surface area contributed by atoms with E-state index in [9.17, 15) is 4.79 Å². The number of amides is 1. The number of halogens is 1. The average molecular weight is 378 g/mol. The lowest BCUT2D eigenvalue weighted by atomic mass is 10.2. The predicted octanol–water partition coefficient (Wildman–Crippen LogP) is 1.77. The molecule has 2 aromatic rings. The molecule has 3 rings (SSSR count). The highest BCUT2D eigenvalue weighted by atomic mass is 35.5. The lowest BCUT2D eigenvalue weighted by Crippen LogP contribution is -2.43. The number of benzene rings is 1. The van der Waals surface area contributed by atoms with Crippen LogP contribution in [0.15, 0.2) is 30.5 Å². The van der Waals surface area contributed by atoms with Crippen molar-refractivity contribution in [2.75, 3.05) is 45.9 Å². The van der Waals surface area contributed by atoms with Gasteiger partial charge in [-0.05, 0) is 18.6 Å². The Kier molecular flexibility index (Phi) is 6.60. The molecule has 0 saturated carbocycles. The van der Waals surface area contributed by atoms with Gasteiger partial charge in [0, 0.05) is 37.7 Å². The second kappa shape index (κ2) is 9.12. The fraction of sp³-hybridized carbons (Fsp3) is 0.500. The van der Waals surface area contributed by atoms with Gasteiger partial charge in [-0.3, -0.25) is 9.69 Å². The summed E-state index contributed by atoms with van der Waals surface area (Å²) in [6.07, 6.45) is 1.68. The molecular formula is C18H24ClN5O2. The third-order valence-corrected chi connectivity index (χ3v) is 4.88. The number of morpholine rings is 1. The van der Waals surface area contributed by atoms with Crippen LogP contribution in [0.2, 0.25) is 5.02 Å². The van der Waals surface area contributed by atoms with Gasteiger partial charge >= 0.3 is 0 Å². The molecule has 1 aromatic heterocycles. The number of carbonyl (C=O) groups is 1. The van der Waals surface area contributed by atoms with Crippen molar-refractivity contribution in [2.24, 2.45) is 0 Å². The van der Waals surface area contributed by atoms with Crippen LogP contribution in [-0.2, 0) is 11.3 Å². The SMILES string of the molecule is CCN(CCN1CCOCC1)C(=O)c1cn(Cc2ccccc2Cl)nn1. The second-order valence-electron chi connectivity index (χ2n) is 6.23. The third-order valence-electron chi connectivity index (χ3n) is 4.51. The fourth-order valence-electron chi connectivity index (χ4n) is 2.93. The lowest BCUT2D eigenvalue weighted by molar-refractivity contribution is 0.0327. The molecule has 1 fully saturated rings. The van der Waals surface area contributed by atoms with Crippen LogP contribution in [0, 0.1) is 0 Å². The molecule has 26 heavy (non-hydrogen) atoms. The van der Waals surface area contributed by atoms with Crippen LogP contribution in [0.3, 0.4) is 0 Å². The molecule has 1 amide bonds. The van der Waals surface area contributed by atoms with Gasteiger partial charge in [-0.25, -0.2) is 4.68 Å². The third kappa shape index (κ3) is 4.81. The van der Waals surface area contributed by atoms with Crippen LogP contribution in [-0.4, -0.2) is 76.6 Å². The molecule has 1 saturated heterocycles. The average Bonchev–Trinajstić information content (AvgIpc) is 3.13. The number of hydrogen-bond donors (Lipinski definition) is 0. The maximum Gasteiger partial charge on any atom is 0.276 e. The first-order valence-electron chi connectivity index (χ1n) is 8.90. The minimum absolute atomic E-state index is 0.0915. The van der Waals surface area contributed by atoms with Crippen molar-refractivity contribution in [1.29, 1.82) is 0 Å². The fourth-order valence-corrected chi connectivity index (χ4v) is 3.12. The van der Waals surface area contributed by atoms with E-state index in [4.69, 9.17) is 16.3 Å². The van der Waals surface area contributed by atoms with Gasteiger partial charge in [0.25, 0.3) is 5.91 Å². The molecular weight excluding hydrogens is 354 g/mol. The van der Waals surface area contributed by atoms with E-state index in [2.05, 4.69) is 15.2 Å². The Morgan fingerprint density at radius 1 is 1.31 bits per heavy atom. The summed E-state index contributed by atoms with van der Waals surface area (Å²) in [6, 6.07) is 7.58. The standard InChI is InChI=1S/C18H24ClN5O2/c1-2-23(8-7-22-9-11-26-12-10-22)18(25)17-14-24(21-20-17)13-15-5-3-4-6-16(15)19/h3-6,14H,2,7-13H2,1H3. The summed E-state index contributed by atoms with van der Waals surface area (Å²) in [7, 11) is 0. The van der Waals surface area contributed by atoms with E-state index in [0.717, 1.165) is 38.4 Å². The van der Waals surface area contributed by atoms with E-state index < -0.39 is 0 Å². The summed E-state index contributed by atoms with van der Waals surface area (Å²) in [5.41, 5.74) is 1.30. The Morgan fingerprint density at radius 2 is 2.08 bits per heavy atom. The summed E-state index contributed by atoms with van der Waals surface area (Å²) in [4.78, 5) is 16.8. The van der Waals surface area contributed by atoms with Crippen LogP contribution in [0.4, 0.5) is 0 Å². The van der Waals surface area contributed by atoms with E-state index in [1.807, 2.05) is 31.2 Å². The zero-order chi connectivity index (χ0) is 18.4. The van der Waals surface area contributed by atoms with Gasteiger partial charge < -0.3 is 9.64 Å². The van der Waals surface area contributed by atoms with Crippen molar-refractivity contribution in [3.63, 3.8) is 0 Å². The summed E-state index contributed by atoms with van der Waals surface area (Å²) in [6.45, 7) is 7.97. The Hall–Kier alpha value is -1.96. The number of carbonyl (C=O) groups excluding carboxylic acids is 1. The van der Waals surface area contributed by atoms with Crippen LogP contribution in [0.1, 0.15) is 23.0 Å². The highest BCUT2D eigenvalue weighted by Crippen LogP contribution is 2.16. The molecule has 140 valence electrons. The van der Waals surface area contributed by atoms with E-state index in [1.54, 1.807) is 15.8 Å². The summed E-state index contributed by atoms with van der Waals surface area (Å²) < 4.78 is 7.00. The minimum atomic E-state index is -0.0915. The number of hydrogen-bond acceptors (Lipinski definition) is 5. The lowest BCUT2D eigenvalue weighted by Gasteiger charge is -2.29. The molecule has 0 N–H and O–H groups in total. The highest BCUT2D eigenvalue weighted by Gasteiger charge is 2.19. The molecule has 0 unspecified atom stereocenters. The Bertz CT molecular complexity index is 730. The second-order valence-corrected chi connectivity index (χ2v) is 6.64. The summed E-state index contributed by atoms with van der Waals surface area (Å²) >= 11 is 6.18. The topological polar surface area (TPSA) is 63.5 Å². The van der Waals surface area contributed by atoms with Crippen molar-refractivity contribution < 1.29 is 9.53 Å². The summed E-state index contributed by atoms with van der Waals surface area (Å²) in [5.74, 6) is -0.0915. The molecule has 0 radical (unpaired) electrons. The van der Waals surface area contributed by atoms with Crippen LogP contribution in [0.25, 0.3) is 0 Å². The van der Waals surface area contributed by atoms with Crippen molar-refractivity contribution in [2.45, 2.75) is 13.5 Å². The maximum absolute atomic E-state index is 12.7. The van der Waals surface area contributed by atoms with Gasteiger partial charge in [-0.1, -0.05) is 35.0 Å². The number of ether oxygens (including phenoxy) is 1. The molecule has 0 aliphatic carbocycles. The number of likely N-dealkylation sites (N-methyl/N-ethyl adjacent to an activating group) is 1. The molecule has 0 atom stereocenters.